The fraction of sp³-hybridized carbons (Fsp3) is 1.00. The van der Waals surface area contributed by atoms with Crippen LogP contribution >= 0.6 is 0 Å². The Morgan fingerprint density at radius 3 is 2.44 bits per heavy atom. The summed E-state index contributed by atoms with van der Waals surface area (Å²) in [7, 11) is 0. The summed E-state index contributed by atoms with van der Waals surface area (Å²) >= 11 is 0. The van der Waals surface area contributed by atoms with E-state index in [1.807, 2.05) is 0 Å². The molecule has 0 radical (unpaired) electrons. The minimum atomic E-state index is 0.799. The molecule has 104 valence electrons. The van der Waals surface area contributed by atoms with E-state index in [2.05, 4.69) is 10.2 Å². The van der Waals surface area contributed by atoms with Crippen molar-refractivity contribution in [3.63, 3.8) is 0 Å². The summed E-state index contributed by atoms with van der Waals surface area (Å²) in [5.74, 6) is 2.01. The van der Waals surface area contributed by atoms with Gasteiger partial charge < -0.3 is 10.2 Å². The third kappa shape index (κ3) is 3.27. The molecule has 2 nitrogen and oxygen atoms in total. The summed E-state index contributed by atoms with van der Waals surface area (Å²) in [6.45, 7) is 5.32. The second kappa shape index (κ2) is 6.38. The lowest BCUT2D eigenvalue weighted by molar-refractivity contribution is 0.155. The molecule has 2 heteroatoms. The van der Waals surface area contributed by atoms with Crippen molar-refractivity contribution in [1.29, 1.82) is 0 Å². The second-order valence-electron chi connectivity index (χ2n) is 6.87. The first-order valence-corrected chi connectivity index (χ1v) is 8.37. The molecule has 1 heterocycles. The van der Waals surface area contributed by atoms with Crippen LogP contribution in [0.15, 0.2) is 0 Å². The van der Waals surface area contributed by atoms with Gasteiger partial charge in [0.05, 0.1) is 0 Å². The summed E-state index contributed by atoms with van der Waals surface area (Å²) in [5.41, 5.74) is 0. The highest BCUT2D eigenvalue weighted by Gasteiger charge is 2.28. The van der Waals surface area contributed by atoms with Crippen molar-refractivity contribution in [2.24, 2.45) is 11.8 Å². The molecule has 1 atom stereocenters. The number of hydrogen-bond acceptors (Lipinski definition) is 2. The molecule has 0 spiro atoms. The van der Waals surface area contributed by atoms with Gasteiger partial charge in [-0.2, -0.15) is 0 Å². The molecule has 1 N–H and O–H groups in total. The van der Waals surface area contributed by atoms with E-state index in [0.717, 1.165) is 17.9 Å². The molecule has 0 aromatic carbocycles. The monoisotopic (exact) mass is 250 g/mol. The molecule has 3 rings (SSSR count). The SMILES string of the molecule is C1CCC(C2CN(CC3CCC3)CCCN2)CC1. The first-order chi connectivity index (χ1) is 8.92. The Bertz CT molecular complexity index is 243. The van der Waals surface area contributed by atoms with Gasteiger partial charge in [-0.05, 0) is 57.0 Å². The second-order valence-corrected chi connectivity index (χ2v) is 6.87. The molecule has 0 bridgehead atoms. The summed E-state index contributed by atoms with van der Waals surface area (Å²) in [5, 5.41) is 3.85. The van der Waals surface area contributed by atoms with Crippen molar-refractivity contribution in [3.05, 3.63) is 0 Å². The van der Waals surface area contributed by atoms with Crippen molar-refractivity contribution in [2.75, 3.05) is 26.2 Å². The van der Waals surface area contributed by atoms with Crippen molar-refractivity contribution >= 4 is 0 Å². The Balaban J connectivity index is 1.52. The maximum Gasteiger partial charge on any atom is 0.0223 e. The Hall–Kier alpha value is -0.0800. The lowest BCUT2D eigenvalue weighted by atomic mass is 9.83. The van der Waals surface area contributed by atoms with Gasteiger partial charge in [-0.25, -0.2) is 0 Å². The quantitative estimate of drug-likeness (QED) is 0.828. The maximum atomic E-state index is 3.85. The van der Waals surface area contributed by atoms with E-state index in [-0.39, 0.29) is 0 Å². The molecule has 1 unspecified atom stereocenters. The molecule has 2 saturated carbocycles. The highest BCUT2D eigenvalue weighted by Crippen LogP contribution is 2.30. The summed E-state index contributed by atoms with van der Waals surface area (Å²) < 4.78 is 0. The molecule has 3 aliphatic rings. The Kier molecular flexibility index (Phi) is 4.58. The van der Waals surface area contributed by atoms with Gasteiger partial charge in [0, 0.05) is 19.1 Å². The van der Waals surface area contributed by atoms with E-state index >= 15 is 0 Å². The van der Waals surface area contributed by atoms with E-state index in [4.69, 9.17) is 0 Å². The highest BCUT2D eigenvalue weighted by atomic mass is 15.2. The minimum Gasteiger partial charge on any atom is -0.312 e. The highest BCUT2D eigenvalue weighted by molar-refractivity contribution is 4.86. The first-order valence-electron chi connectivity index (χ1n) is 8.37. The van der Waals surface area contributed by atoms with Gasteiger partial charge >= 0.3 is 0 Å². The van der Waals surface area contributed by atoms with Crippen molar-refractivity contribution < 1.29 is 0 Å². The van der Waals surface area contributed by atoms with Gasteiger partial charge in [0.2, 0.25) is 0 Å². The average Bonchev–Trinajstić information content (AvgIpc) is 2.60. The Labute approximate surface area is 113 Å². The van der Waals surface area contributed by atoms with Crippen LogP contribution in [0.4, 0.5) is 0 Å². The fourth-order valence-corrected chi connectivity index (χ4v) is 4.08. The molecule has 1 aliphatic heterocycles. The molecule has 0 aromatic rings. The van der Waals surface area contributed by atoms with Crippen molar-refractivity contribution in [2.45, 2.75) is 63.8 Å². The van der Waals surface area contributed by atoms with Crippen LogP contribution in [0.5, 0.6) is 0 Å². The van der Waals surface area contributed by atoms with Crippen LogP contribution in [-0.4, -0.2) is 37.1 Å². The third-order valence-corrected chi connectivity index (χ3v) is 5.47. The lowest BCUT2D eigenvalue weighted by Gasteiger charge is -2.36. The molecular weight excluding hydrogens is 220 g/mol. The zero-order chi connectivity index (χ0) is 12.2. The third-order valence-electron chi connectivity index (χ3n) is 5.47. The van der Waals surface area contributed by atoms with Gasteiger partial charge in [0.15, 0.2) is 0 Å². The normalized spacial score (nSPS) is 33.0. The first kappa shape index (κ1) is 12.9. The Morgan fingerprint density at radius 1 is 0.889 bits per heavy atom. The molecular formula is C16H30N2. The number of hydrogen-bond donors (Lipinski definition) is 1. The van der Waals surface area contributed by atoms with Gasteiger partial charge in [0.25, 0.3) is 0 Å². The van der Waals surface area contributed by atoms with Gasteiger partial charge in [0.1, 0.15) is 0 Å². The van der Waals surface area contributed by atoms with Crippen molar-refractivity contribution in [1.82, 2.24) is 10.2 Å². The standard InChI is InChI=1S/C16H30N2/c1-2-8-15(9-3-1)16-13-18(11-5-10-17-16)12-14-6-4-7-14/h14-17H,1-13H2. The molecule has 2 aliphatic carbocycles. The van der Waals surface area contributed by atoms with E-state index in [9.17, 15) is 0 Å². The molecule has 18 heavy (non-hydrogen) atoms. The lowest BCUT2D eigenvalue weighted by Crippen LogP contribution is -2.45. The predicted molar refractivity (Wildman–Crippen MR) is 76.8 cm³/mol. The summed E-state index contributed by atoms with van der Waals surface area (Å²) in [4.78, 5) is 2.78. The van der Waals surface area contributed by atoms with Crippen molar-refractivity contribution in [3.8, 4) is 0 Å². The van der Waals surface area contributed by atoms with Crippen LogP contribution in [0.3, 0.4) is 0 Å². The summed E-state index contributed by atoms with van der Waals surface area (Å²) in [6, 6.07) is 0.799. The van der Waals surface area contributed by atoms with Crippen LogP contribution in [0.2, 0.25) is 0 Å². The summed E-state index contributed by atoms with van der Waals surface area (Å²) in [6.07, 6.45) is 13.2. The van der Waals surface area contributed by atoms with Gasteiger partial charge in [-0.3, -0.25) is 0 Å². The molecule has 0 amide bonds. The van der Waals surface area contributed by atoms with Gasteiger partial charge in [-0.1, -0.05) is 25.7 Å². The fourth-order valence-electron chi connectivity index (χ4n) is 4.08. The molecule has 0 aromatic heterocycles. The molecule has 3 fully saturated rings. The largest absolute Gasteiger partial charge is 0.312 e. The van der Waals surface area contributed by atoms with Crippen LogP contribution in [0.1, 0.15) is 57.8 Å². The number of nitrogens with one attached hydrogen (secondary N) is 1. The zero-order valence-electron chi connectivity index (χ0n) is 11.9. The maximum absolute atomic E-state index is 3.85. The van der Waals surface area contributed by atoms with Gasteiger partial charge in [-0.15, -0.1) is 0 Å². The smallest absolute Gasteiger partial charge is 0.0223 e. The zero-order valence-corrected chi connectivity index (χ0v) is 11.9. The van der Waals surface area contributed by atoms with E-state index in [1.54, 1.807) is 0 Å². The predicted octanol–water partition coefficient (Wildman–Crippen LogP) is 3.03. The minimum absolute atomic E-state index is 0.799. The van der Waals surface area contributed by atoms with E-state index in [0.29, 0.717) is 0 Å². The van der Waals surface area contributed by atoms with E-state index in [1.165, 1.54) is 84.0 Å². The number of rotatable bonds is 3. The van der Waals surface area contributed by atoms with E-state index < -0.39 is 0 Å². The van der Waals surface area contributed by atoms with Crippen LogP contribution < -0.4 is 5.32 Å². The Morgan fingerprint density at radius 2 is 1.72 bits per heavy atom. The van der Waals surface area contributed by atoms with Crippen LogP contribution in [0, 0.1) is 11.8 Å². The molecule has 1 saturated heterocycles. The number of nitrogens with zero attached hydrogens (tertiary/aromatic N) is 1. The van der Waals surface area contributed by atoms with Crippen LogP contribution in [-0.2, 0) is 0 Å². The topological polar surface area (TPSA) is 15.3 Å². The average molecular weight is 250 g/mol. The van der Waals surface area contributed by atoms with Crippen LogP contribution in [0.25, 0.3) is 0 Å².